The molecule has 18 heavy (non-hydrogen) atoms. The molecule has 0 radical (unpaired) electrons. The fourth-order valence-corrected chi connectivity index (χ4v) is 2.58. The molecule has 1 fully saturated rings. The third-order valence-electron chi connectivity index (χ3n) is 3.19. The zero-order chi connectivity index (χ0) is 13.3. The Balaban J connectivity index is 2.24. The van der Waals surface area contributed by atoms with Crippen molar-refractivity contribution in [3.8, 4) is 0 Å². The van der Waals surface area contributed by atoms with E-state index in [9.17, 15) is 14.0 Å². The lowest BCUT2D eigenvalue weighted by Gasteiger charge is -2.15. The number of carbonyl (C=O) groups excluding carboxylic acids is 2. The molecule has 0 aromatic heterocycles. The molecule has 3 nitrogen and oxygen atoms in total. The molecular formula is C13H13BrFNO2. The number of hydrogen-bond acceptors (Lipinski definition) is 2. The van der Waals surface area contributed by atoms with E-state index in [0.29, 0.717) is 23.0 Å². The highest BCUT2D eigenvalue weighted by molar-refractivity contribution is 9.10. The second kappa shape index (κ2) is 5.18. The van der Waals surface area contributed by atoms with Gasteiger partial charge in [0.25, 0.3) is 5.91 Å². The maximum atomic E-state index is 13.0. The summed E-state index contributed by atoms with van der Waals surface area (Å²) in [6.07, 6.45) is 1.29. The number of nitrogens with zero attached hydrogens (tertiary/aromatic N) is 1. The Kier molecular flexibility index (Phi) is 3.80. The zero-order valence-electron chi connectivity index (χ0n) is 9.95. The first kappa shape index (κ1) is 13.2. The number of benzene rings is 1. The van der Waals surface area contributed by atoms with Crippen molar-refractivity contribution in [2.45, 2.75) is 19.8 Å². The van der Waals surface area contributed by atoms with Crippen molar-refractivity contribution in [2.24, 2.45) is 5.92 Å². The molecular weight excluding hydrogens is 301 g/mol. The predicted octanol–water partition coefficient (Wildman–Crippen LogP) is 2.99. The average Bonchev–Trinajstić information content (AvgIpc) is 2.70. The van der Waals surface area contributed by atoms with Gasteiger partial charge < -0.3 is 0 Å². The summed E-state index contributed by atoms with van der Waals surface area (Å²) in [6, 6.07) is 3.84. The second-order valence-electron chi connectivity index (χ2n) is 4.41. The molecule has 1 heterocycles. The number of amides is 2. The third kappa shape index (κ3) is 2.46. The maximum absolute atomic E-state index is 13.0. The minimum Gasteiger partial charge on any atom is -0.278 e. The third-order valence-corrected chi connectivity index (χ3v) is 3.85. The summed E-state index contributed by atoms with van der Waals surface area (Å²) in [5, 5.41) is 0. The Morgan fingerprint density at radius 1 is 1.56 bits per heavy atom. The van der Waals surface area contributed by atoms with Crippen molar-refractivity contribution in [3.63, 3.8) is 0 Å². The number of imide groups is 1. The molecule has 96 valence electrons. The van der Waals surface area contributed by atoms with Crippen LogP contribution in [0.25, 0.3) is 0 Å². The SMILES string of the molecule is CCC1CC(=O)N(C(=O)c2ccc(F)cc2Br)C1. The zero-order valence-corrected chi connectivity index (χ0v) is 11.5. The molecule has 5 heteroatoms. The fraction of sp³-hybridized carbons (Fsp3) is 0.385. The summed E-state index contributed by atoms with van der Waals surface area (Å²) in [4.78, 5) is 25.2. The molecule has 1 aliphatic rings. The molecule has 2 amide bonds. The van der Waals surface area contributed by atoms with E-state index in [-0.39, 0.29) is 17.7 Å². The van der Waals surface area contributed by atoms with E-state index in [2.05, 4.69) is 15.9 Å². The molecule has 1 atom stereocenters. The molecule has 0 saturated carbocycles. The molecule has 0 spiro atoms. The van der Waals surface area contributed by atoms with Gasteiger partial charge in [-0.25, -0.2) is 4.39 Å². The first-order valence-electron chi connectivity index (χ1n) is 5.82. The largest absolute Gasteiger partial charge is 0.278 e. The van der Waals surface area contributed by atoms with Crippen molar-refractivity contribution in [3.05, 3.63) is 34.1 Å². The Labute approximate surface area is 113 Å². The van der Waals surface area contributed by atoms with Gasteiger partial charge in [0.2, 0.25) is 5.91 Å². The summed E-state index contributed by atoms with van der Waals surface area (Å²) >= 11 is 3.15. The van der Waals surface area contributed by atoms with Crippen LogP contribution < -0.4 is 0 Å². The molecule has 2 rings (SSSR count). The van der Waals surface area contributed by atoms with E-state index >= 15 is 0 Å². The lowest BCUT2D eigenvalue weighted by molar-refractivity contribution is -0.125. The highest BCUT2D eigenvalue weighted by Crippen LogP contribution is 2.25. The quantitative estimate of drug-likeness (QED) is 0.787. The number of halogens is 2. The van der Waals surface area contributed by atoms with E-state index in [1.54, 1.807) is 0 Å². The van der Waals surface area contributed by atoms with Gasteiger partial charge in [-0.15, -0.1) is 0 Å². The van der Waals surface area contributed by atoms with E-state index in [1.165, 1.54) is 23.1 Å². The van der Waals surface area contributed by atoms with Crippen LogP contribution in [0.4, 0.5) is 4.39 Å². The lowest BCUT2D eigenvalue weighted by atomic mass is 10.1. The molecule has 0 aliphatic carbocycles. The summed E-state index contributed by atoms with van der Waals surface area (Å²) in [5.41, 5.74) is 0.321. The minimum atomic E-state index is -0.419. The van der Waals surface area contributed by atoms with Crippen LogP contribution in [0.1, 0.15) is 30.1 Å². The first-order chi connectivity index (χ1) is 8.52. The normalized spacial score (nSPS) is 19.4. The van der Waals surface area contributed by atoms with E-state index in [1.807, 2.05) is 6.92 Å². The van der Waals surface area contributed by atoms with E-state index in [4.69, 9.17) is 0 Å². The molecule has 1 aromatic carbocycles. The number of likely N-dealkylation sites (tertiary alicyclic amines) is 1. The van der Waals surface area contributed by atoms with Gasteiger partial charge in [-0.1, -0.05) is 13.3 Å². The molecule has 0 N–H and O–H groups in total. The highest BCUT2D eigenvalue weighted by atomic mass is 79.9. The molecule has 1 saturated heterocycles. The summed E-state index contributed by atoms with van der Waals surface area (Å²) in [5.74, 6) is -0.691. The van der Waals surface area contributed by atoms with Crippen LogP contribution in [-0.2, 0) is 4.79 Å². The van der Waals surface area contributed by atoms with Gasteiger partial charge in [0.15, 0.2) is 0 Å². The van der Waals surface area contributed by atoms with E-state index in [0.717, 1.165) is 6.42 Å². The molecule has 0 bridgehead atoms. The highest BCUT2D eigenvalue weighted by Gasteiger charge is 2.33. The van der Waals surface area contributed by atoms with Gasteiger partial charge in [0, 0.05) is 17.4 Å². The summed E-state index contributed by atoms with van der Waals surface area (Å²) in [7, 11) is 0. The lowest BCUT2D eigenvalue weighted by Crippen LogP contribution is -2.32. The van der Waals surface area contributed by atoms with Gasteiger partial charge in [-0.2, -0.15) is 0 Å². The molecule has 1 aliphatic heterocycles. The van der Waals surface area contributed by atoms with Gasteiger partial charge >= 0.3 is 0 Å². The first-order valence-corrected chi connectivity index (χ1v) is 6.62. The molecule has 1 unspecified atom stereocenters. The van der Waals surface area contributed by atoms with Gasteiger partial charge in [-0.3, -0.25) is 14.5 Å². The Hall–Kier alpha value is -1.23. The van der Waals surface area contributed by atoms with Crippen LogP contribution in [0.3, 0.4) is 0 Å². The summed E-state index contributed by atoms with van der Waals surface area (Å²) in [6.45, 7) is 2.46. The Morgan fingerprint density at radius 3 is 2.83 bits per heavy atom. The van der Waals surface area contributed by atoms with Crippen LogP contribution in [-0.4, -0.2) is 23.3 Å². The van der Waals surface area contributed by atoms with Gasteiger partial charge in [0.1, 0.15) is 5.82 Å². The Bertz CT molecular complexity index is 504. The summed E-state index contributed by atoms with van der Waals surface area (Å²) < 4.78 is 13.3. The maximum Gasteiger partial charge on any atom is 0.261 e. The van der Waals surface area contributed by atoms with Crippen molar-refractivity contribution in [1.29, 1.82) is 0 Å². The Morgan fingerprint density at radius 2 is 2.28 bits per heavy atom. The van der Waals surface area contributed by atoms with Crippen LogP contribution >= 0.6 is 15.9 Å². The number of rotatable bonds is 2. The van der Waals surface area contributed by atoms with Crippen molar-refractivity contribution >= 4 is 27.7 Å². The van der Waals surface area contributed by atoms with Crippen molar-refractivity contribution < 1.29 is 14.0 Å². The monoisotopic (exact) mass is 313 g/mol. The molecule has 1 aromatic rings. The van der Waals surface area contributed by atoms with Gasteiger partial charge in [-0.05, 0) is 40.0 Å². The standard InChI is InChI=1S/C13H13BrFNO2/c1-2-8-5-12(17)16(7-8)13(18)10-4-3-9(15)6-11(10)14/h3-4,6,8H,2,5,7H2,1H3. The smallest absolute Gasteiger partial charge is 0.261 e. The van der Waals surface area contributed by atoms with E-state index < -0.39 is 5.82 Å². The van der Waals surface area contributed by atoms with Crippen LogP contribution in [0.15, 0.2) is 22.7 Å². The van der Waals surface area contributed by atoms with Crippen LogP contribution in [0, 0.1) is 11.7 Å². The van der Waals surface area contributed by atoms with Crippen LogP contribution in [0.2, 0.25) is 0 Å². The topological polar surface area (TPSA) is 37.4 Å². The minimum absolute atomic E-state index is 0.150. The second-order valence-corrected chi connectivity index (χ2v) is 5.27. The average molecular weight is 314 g/mol. The van der Waals surface area contributed by atoms with Crippen LogP contribution in [0.5, 0.6) is 0 Å². The fourth-order valence-electron chi connectivity index (χ4n) is 2.06. The number of carbonyl (C=O) groups is 2. The predicted molar refractivity (Wildman–Crippen MR) is 68.5 cm³/mol. The number of hydrogen-bond donors (Lipinski definition) is 0. The van der Waals surface area contributed by atoms with Crippen molar-refractivity contribution in [1.82, 2.24) is 4.90 Å². The van der Waals surface area contributed by atoms with Gasteiger partial charge in [0.05, 0.1) is 5.56 Å². The van der Waals surface area contributed by atoms with Crippen molar-refractivity contribution in [2.75, 3.05) is 6.54 Å².